The highest BCUT2D eigenvalue weighted by Gasteiger charge is 2.37. The molecule has 2 aromatic carbocycles. The van der Waals surface area contributed by atoms with E-state index in [2.05, 4.69) is 16.3 Å². The SMILES string of the molecule is CCC(C)(C)C(=O)NC1Sc2ccccc2N1c1c(Cl)cccc1CN. The lowest BCUT2D eigenvalue weighted by atomic mass is 9.89. The fourth-order valence-corrected chi connectivity index (χ4v) is 4.31. The summed E-state index contributed by atoms with van der Waals surface area (Å²) in [7, 11) is 0. The second-order valence-corrected chi connectivity index (χ2v) is 8.50. The third-order valence-electron chi connectivity index (χ3n) is 4.88. The molecule has 0 spiro atoms. The summed E-state index contributed by atoms with van der Waals surface area (Å²) in [5.74, 6) is 0.0247. The van der Waals surface area contributed by atoms with Crippen LogP contribution in [0.25, 0.3) is 0 Å². The molecular weight excluding hydrogens is 366 g/mol. The van der Waals surface area contributed by atoms with Crippen LogP contribution < -0.4 is 16.0 Å². The lowest BCUT2D eigenvalue weighted by molar-refractivity contribution is -0.129. The third kappa shape index (κ3) is 3.43. The van der Waals surface area contributed by atoms with Crippen LogP contribution in [0.1, 0.15) is 32.8 Å². The van der Waals surface area contributed by atoms with Crippen LogP contribution in [0.3, 0.4) is 0 Å². The van der Waals surface area contributed by atoms with E-state index in [0.717, 1.165) is 28.3 Å². The summed E-state index contributed by atoms with van der Waals surface area (Å²) in [6.45, 7) is 6.31. The Labute approximate surface area is 164 Å². The number of halogens is 1. The van der Waals surface area contributed by atoms with Gasteiger partial charge in [-0.05, 0) is 30.2 Å². The maximum atomic E-state index is 12.8. The average molecular weight is 390 g/mol. The van der Waals surface area contributed by atoms with Crippen molar-refractivity contribution in [3.05, 3.63) is 53.1 Å². The van der Waals surface area contributed by atoms with Gasteiger partial charge in [-0.15, -0.1) is 0 Å². The number of benzene rings is 2. The van der Waals surface area contributed by atoms with Crippen LogP contribution in [-0.2, 0) is 11.3 Å². The molecule has 26 heavy (non-hydrogen) atoms. The van der Waals surface area contributed by atoms with E-state index in [9.17, 15) is 4.79 Å². The van der Waals surface area contributed by atoms with Gasteiger partial charge in [-0.2, -0.15) is 0 Å². The monoisotopic (exact) mass is 389 g/mol. The number of carbonyl (C=O) groups is 1. The third-order valence-corrected chi connectivity index (χ3v) is 6.34. The topological polar surface area (TPSA) is 58.4 Å². The van der Waals surface area contributed by atoms with Crippen LogP contribution in [-0.4, -0.2) is 11.4 Å². The van der Waals surface area contributed by atoms with Gasteiger partial charge in [0, 0.05) is 16.9 Å². The first-order chi connectivity index (χ1) is 12.4. The molecule has 3 rings (SSSR count). The van der Waals surface area contributed by atoms with Crippen LogP contribution in [0.15, 0.2) is 47.4 Å². The highest BCUT2D eigenvalue weighted by Crippen LogP contribution is 2.49. The minimum atomic E-state index is -0.432. The van der Waals surface area contributed by atoms with Gasteiger partial charge >= 0.3 is 0 Å². The number of nitrogens with two attached hydrogens (primary N) is 1. The van der Waals surface area contributed by atoms with Crippen molar-refractivity contribution in [2.45, 2.75) is 44.1 Å². The van der Waals surface area contributed by atoms with Gasteiger partial charge in [0.15, 0.2) is 5.50 Å². The Morgan fingerprint density at radius 1 is 1.27 bits per heavy atom. The molecule has 0 fully saturated rings. The second-order valence-electron chi connectivity index (χ2n) is 6.97. The molecule has 0 bridgehead atoms. The smallest absolute Gasteiger partial charge is 0.227 e. The normalized spacial score (nSPS) is 16.5. The van der Waals surface area contributed by atoms with E-state index in [1.165, 1.54) is 0 Å². The highest BCUT2D eigenvalue weighted by atomic mass is 35.5. The molecule has 0 aromatic heterocycles. The first-order valence-electron chi connectivity index (χ1n) is 8.72. The fourth-order valence-electron chi connectivity index (χ4n) is 2.85. The predicted octanol–water partition coefficient (Wildman–Crippen LogP) is 4.88. The molecule has 0 aliphatic carbocycles. The summed E-state index contributed by atoms with van der Waals surface area (Å²) >= 11 is 8.17. The molecule has 6 heteroatoms. The zero-order valence-electron chi connectivity index (χ0n) is 15.3. The Morgan fingerprint density at radius 2 is 2.00 bits per heavy atom. The van der Waals surface area contributed by atoms with E-state index < -0.39 is 5.41 Å². The van der Waals surface area contributed by atoms with Crippen molar-refractivity contribution in [2.75, 3.05) is 4.90 Å². The Bertz CT molecular complexity index is 824. The molecule has 0 radical (unpaired) electrons. The van der Waals surface area contributed by atoms with E-state index in [1.807, 2.05) is 57.2 Å². The molecule has 1 atom stereocenters. The Hall–Kier alpha value is -1.69. The highest BCUT2D eigenvalue weighted by molar-refractivity contribution is 8.00. The van der Waals surface area contributed by atoms with Gasteiger partial charge in [0.05, 0.1) is 16.4 Å². The van der Waals surface area contributed by atoms with Crippen molar-refractivity contribution in [2.24, 2.45) is 11.1 Å². The fraction of sp³-hybridized carbons (Fsp3) is 0.350. The summed E-state index contributed by atoms with van der Waals surface area (Å²) in [6, 6.07) is 13.8. The van der Waals surface area contributed by atoms with Gasteiger partial charge in [-0.3, -0.25) is 4.79 Å². The summed E-state index contributed by atoms with van der Waals surface area (Å²) in [5.41, 5.74) is 8.10. The van der Waals surface area contributed by atoms with Crippen molar-refractivity contribution in [1.82, 2.24) is 5.32 Å². The van der Waals surface area contributed by atoms with Crippen LogP contribution in [0, 0.1) is 5.41 Å². The number of carbonyl (C=O) groups excluding carboxylic acids is 1. The van der Waals surface area contributed by atoms with E-state index in [1.54, 1.807) is 11.8 Å². The number of nitrogens with one attached hydrogen (secondary N) is 1. The lowest BCUT2D eigenvalue weighted by Gasteiger charge is -2.32. The molecule has 1 unspecified atom stereocenters. The van der Waals surface area contributed by atoms with Crippen molar-refractivity contribution in [3.63, 3.8) is 0 Å². The summed E-state index contributed by atoms with van der Waals surface area (Å²) in [4.78, 5) is 16.0. The maximum Gasteiger partial charge on any atom is 0.227 e. The number of thioether (sulfide) groups is 1. The first-order valence-corrected chi connectivity index (χ1v) is 9.98. The number of para-hydroxylation sites is 2. The van der Waals surface area contributed by atoms with Crippen LogP contribution in [0.4, 0.5) is 11.4 Å². The number of amides is 1. The van der Waals surface area contributed by atoms with Crippen molar-refractivity contribution >= 4 is 40.6 Å². The zero-order valence-corrected chi connectivity index (χ0v) is 16.8. The zero-order chi connectivity index (χ0) is 18.9. The van der Waals surface area contributed by atoms with Gasteiger partial charge in [-0.25, -0.2) is 0 Å². The predicted molar refractivity (Wildman–Crippen MR) is 110 cm³/mol. The van der Waals surface area contributed by atoms with Gasteiger partial charge in [0.25, 0.3) is 0 Å². The quantitative estimate of drug-likeness (QED) is 0.765. The van der Waals surface area contributed by atoms with E-state index in [0.29, 0.717) is 11.6 Å². The Morgan fingerprint density at radius 3 is 2.69 bits per heavy atom. The van der Waals surface area contributed by atoms with Crippen LogP contribution in [0.2, 0.25) is 5.02 Å². The molecule has 138 valence electrons. The van der Waals surface area contributed by atoms with E-state index in [4.69, 9.17) is 17.3 Å². The molecule has 4 nitrogen and oxygen atoms in total. The van der Waals surface area contributed by atoms with E-state index in [-0.39, 0.29) is 11.4 Å². The summed E-state index contributed by atoms with van der Waals surface area (Å²) < 4.78 is 0. The Kier molecular flexibility index (Phi) is 5.51. The van der Waals surface area contributed by atoms with Gasteiger partial charge in [0.2, 0.25) is 5.91 Å². The van der Waals surface area contributed by atoms with E-state index >= 15 is 0 Å². The molecule has 2 aromatic rings. The van der Waals surface area contributed by atoms with Gasteiger partial charge < -0.3 is 16.0 Å². The number of hydrogen-bond acceptors (Lipinski definition) is 4. The van der Waals surface area contributed by atoms with Crippen molar-refractivity contribution < 1.29 is 4.79 Å². The molecule has 3 N–H and O–H groups in total. The standard InChI is InChI=1S/C20H24ClN3OS/c1-4-20(2,3)18(25)23-19-24(15-10-5-6-11-16(15)26-19)17-13(12-22)8-7-9-14(17)21/h5-11,19H,4,12,22H2,1-3H3,(H,23,25). The molecule has 1 aliphatic heterocycles. The van der Waals surface area contributed by atoms with Crippen LogP contribution >= 0.6 is 23.4 Å². The van der Waals surface area contributed by atoms with Gasteiger partial charge in [-0.1, -0.05) is 68.4 Å². The molecule has 0 saturated carbocycles. The number of hydrogen-bond donors (Lipinski definition) is 2. The lowest BCUT2D eigenvalue weighted by Crippen LogP contribution is -2.47. The number of fused-ring (bicyclic) bond motifs is 1. The number of nitrogens with zero attached hydrogens (tertiary/aromatic N) is 1. The molecule has 1 heterocycles. The minimum absolute atomic E-state index is 0.0247. The van der Waals surface area contributed by atoms with Gasteiger partial charge in [0.1, 0.15) is 0 Å². The molecule has 1 aliphatic rings. The number of rotatable bonds is 5. The Balaban J connectivity index is 2.05. The van der Waals surface area contributed by atoms with Crippen molar-refractivity contribution in [3.8, 4) is 0 Å². The molecular formula is C20H24ClN3OS. The molecule has 0 saturated heterocycles. The maximum absolute atomic E-state index is 12.8. The largest absolute Gasteiger partial charge is 0.326 e. The summed E-state index contributed by atoms with van der Waals surface area (Å²) in [5, 5.41) is 3.82. The average Bonchev–Trinajstić information content (AvgIpc) is 2.99. The summed E-state index contributed by atoms with van der Waals surface area (Å²) in [6.07, 6.45) is 0.767. The number of anilines is 2. The second kappa shape index (κ2) is 7.51. The molecule has 1 amide bonds. The first kappa shape index (κ1) is 19.1. The van der Waals surface area contributed by atoms with Crippen LogP contribution in [0.5, 0.6) is 0 Å². The van der Waals surface area contributed by atoms with Crippen molar-refractivity contribution in [1.29, 1.82) is 0 Å². The minimum Gasteiger partial charge on any atom is -0.326 e.